The molecule has 1 nitrogen and oxygen atoms in total. The van der Waals surface area contributed by atoms with E-state index in [2.05, 4.69) is 80.1 Å². The van der Waals surface area contributed by atoms with Crippen LogP contribution in [0.5, 0.6) is 0 Å². The summed E-state index contributed by atoms with van der Waals surface area (Å²) in [6.07, 6.45) is 11.9. The fourth-order valence-electron chi connectivity index (χ4n) is 5.26. The number of pyridine rings is 1. The van der Waals surface area contributed by atoms with Gasteiger partial charge in [0.25, 0.3) is 0 Å². The molecule has 1 aromatic heterocycles. The van der Waals surface area contributed by atoms with Crippen molar-refractivity contribution in [2.45, 2.75) is 88.9 Å². The number of aromatic nitrogens is 1. The fourth-order valence-corrected chi connectivity index (χ4v) is 8.86. The molecule has 0 amide bonds. The molecule has 1 aliphatic carbocycles. The summed E-state index contributed by atoms with van der Waals surface area (Å²) in [5, 5.41) is 0. The summed E-state index contributed by atoms with van der Waals surface area (Å²) in [4.78, 5) is 0. The van der Waals surface area contributed by atoms with Gasteiger partial charge in [0.2, 0.25) is 0 Å². The predicted octanol–water partition coefficient (Wildman–Crippen LogP) is 6.67. The van der Waals surface area contributed by atoms with E-state index >= 15 is 0 Å². The third kappa shape index (κ3) is 5.16. The molecule has 3 rings (SSSR count). The van der Waals surface area contributed by atoms with Gasteiger partial charge in [-0.15, -0.1) is 0 Å². The second kappa shape index (κ2) is 9.37. The second-order valence-electron chi connectivity index (χ2n) is 10.4. The first-order chi connectivity index (χ1) is 13.7. The fraction of sp³-hybridized carbons (Fsp3) is 0.593. The quantitative estimate of drug-likeness (QED) is 0.326. The molecule has 0 saturated heterocycles. The minimum atomic E-state index is -1.92. The first-order valence-corrected chi connectivity index (χ1v) is 19.2. The first kappa shape index (κ1) is 22.6. The molecule has 1 saturated carbocycles. The Morgan fingerprint density at radius 2 is 1.69 bits per heavy atom. The van der Waals surface area contributed by atoms with Crippen LogP contribution in [0.4, 0.5) is 0 Å². The Morgan fingerprint density at radius 1 is 1.03 bits per heavy atom. The third-order valence-electron chi connectivity index (χ3n) is 7.15. The number of nitrogens with zero attached hydrogens (tertiary/aromatic N) is 1. The van der Waals surface area contributed by atoms with Crippen LogP contribution >= 0.6 is 0 Å². The Kier molecular flexibility index (Phi) is 7.30. The standard InChI is InChI=1S/C27H42GeN/c1-8-22(9-2)23-15-14-20(3)25(17-23)27-18-24(16-21-12-10-11-13-21)26(19-29(27)7)28(4,5)6/h14-15,17-19,21-22H,8-13,16H2,1-7H3/q+1. The molecule has 2 heteroatoms. The van der Waals surface area contributed by atoms with Gasteiger partial charge in [-0.25, -0.2) is 0 Å². The van der Waals surface area contributed by atoms with Gasteiger partial charge in [-0.3, -0.25) is 0 Å². The molecule has 0 spiro atoms. The normalized spacial score (nSPS) is 15.4. The molecule has 0 aliphatic heterocycles. The number of hydrogen-bond donors (Lipinski definition) is 0. The van der Waals surface area contributed by atoms with E-state index in [-0.39, 0.29) is 0 Å². The zero-order valence-corrected chi connectivity index (χ0v) is 22.0. The average molecular weight is 453 g/mol. The van der Waals surface area contributed by atoms with Crippen molar-refractivity contribution >= 4 is 17.7 Å². The zero-order chi connectivity index (χ0) is 21.2. The third-order valence-corrected chi connectivity index (χ3v) is 11.5. The van der Waals surface area contributed by atoms with Crippen molar-refractivity contribution in [3.05, 3.63) is 47.2 Å². The van der Waals surface area contributed by atoms with Crippen LogP contribution in [0.3, 0.4) is 0 Å². The van der Waals surface area contributed by atoms with Crippen LogP contribution in [0, 0.1) is 12.8 Å². The zero-order valence-electron chi connectivity index (χ0n) is 19.9. The summed E-state index contributed by atoms with van der Waals surface area (Å²) < 4.78 is 4.13. The van der Waals surface area contributed by atoms with E-state index in [1.165, 1.54) is 67.3 Å². The maximum absolute atomic E-state index is 2.57. The van der Waals surface area contributed by atoms with Gasteiger partial charge in [0.15, 0.2) is 0 Å². The monoisotopic (exact) mass is 454 g/mol. The van der Waals surface area contributed by atoms with Gasteiger partial charge in [0.1, 0.15) is 0 Å². The summed E-state index contributed by atoms with van der Waals surface area (Å²) >= 11 is -1.92. The SMILES string of the molecule is CCC(CC)c1ccc(C)c(-c2cc(CC3CCCC3)[c]([Ge]([CH3])([CH3])[CH3])c[n+]2C)c1. The Morgan fingerprint density at radius 3 is 2.28 bits per heavy atom. The first-order valence-electron chi connectivity index (χ1n) is 11.9. The van der Waals surface area contributed by atoms with Crippen molar-refractivity contribution in [1.29, 1.82) is 0 Å². The van der Waals surface area contributed by atoms with Crippen molar-refractivity contribution in [2.75, 3.05) is 0 Å². The summed E-state index contributed by atoms with van der Waals surface area (Å²) in [5.74, 6) is 9.21. The Bertz CT molecular complexity index is 836. The predicted molar refractivity (Wildman–Crippen MR) is 130 cm³/mol. The molecule has 1 aromatic carbocycles. The molecular weight excluding hydrogens is 411 g/mol. The molecule has 0 radical (unpaired) electrons. The van der Waals surface area contributed by atoms with Crippen LogP contribution in [0.25, 0.3) is 11.3 Å². The van der Waals surface area contributed by atoms with Gasteiger partial charge in [0.05, 0.1) is 0 Å². The molecule has 1 fully saturated rings. The van der Waals surface area contributed by atoms with Gasteiger partial charge in [-0.1, -0.05) is 0 Å². The molecule has 1 heterocycles. The van der Waals surface area contributed by atoms with Gasteiger partial charge in [0, 0.05) is 0 Å². The topological polar surface area (TPSA) is 3.88 Å². The van der Waals surface area contributed by atoms with E-state index in [1.54, 1.807) is 9.96 Å². The van der Waals surface area contributed by atoms with Crippen LogP contribution in [-0.2, 0) is 13.5 Å². The Hall–Kier alpha value is -1.09. The van der Waals surface area contributed by atoms with Crippen LogP contribution in [0.1, 0.15) is 75.0 Å². The Balaban J connectivity index is 2.11. The summed E-state index contributed by atoms with van der Waals surface area (Å²) in [6.45, 7) is 6.91. The van der Waals surface area contributed by atoms with E-state index in [9.17, 15) is 0 Å². The van der Waals surface area contributed by atoms with E-state index in [1.807, 2.05) is 0 Å². The number of hydrogen-bond acceptors (Lipinski definition) is 0. The maximum atomic E-state index is 2.57. The van der Waals surface area contributed by atoms with E-state index < -0.39 is 13.3 Å². The van der Waals surface area contributed by atoms with Crippen LogP contribution < -0.4 is 8.96 Å². The van der Waals surface area contributed by atoms with E-state index in [4.69, 9.17) is 0 Å². The van der Waals surface area contributed by atoms with Crippen molar-refractivity contribution < 1.29 is 4.57 Å². The van der Waals surface area contributed by atoms with Crippen molar-refractivity contribution in [2.24, 2.45) is 13.0 Å². The molecular formula is C27H42GeN+. The summed E-state index contributed by atoms with van der Waals surface area (Å²) in [7, 11) is 2.26. The molecule has 0 bridgehead atoms. The van der Waals surface area contributed by atoms with Crippen molar-refractivity contribution in [1.82, 2.24) is 0 Å². The molecule has 0 N–H and O–H groups in total. The van der Waals surface area contributed by atoms with E-state index in [0.29, 0.717) is 5.92 Å². The molecule has 29 heavy (non-hydrogen) atoms. The number of benzene rings is 1. The Labute approximate surface area is 182 Å². The average Bonchev–Trinajstić information content (AvgIpc) is 3.17. The van der Waals surface area contributed by atoms with Gasteiger partial charge in [-0.2, -0.15) is 0 Å². The summed E-state index contributed by atoms with van der Waals surface area (Å²) in [5.41, 5.74) is 7.39. The molecule has 1 aliphatic rings. The molecule has 158 valence electrons. The van der Waals surface area contributed by atoms with Crippen LogP contribution in [0.15, 0.2) is 30.5 Å². The van der Waals surface area contributed by atoms with Crippen LogP contribution in [-0.4, -0.2) is 13.3 Å². The summed E-state index contributed by atoms with van der Waals surface area (Å²) in [6, 6.07) is 9.76. The van der Waals surface area contributed by atoms with Crippen molar-refractivity contribution in [3.8, 4) is 11.3 Å². The van der Waals surface area contributed by atoms with E-state index in [0.717, 1.165) is 5.92 Å². The number of rotatable bonds is 7. The van der Waals surface area contributed by atoms with Crippen LogP contribution in [0.2, 0.25) is 17.3 Å². The van der Waals surface area contributed by atoms with Crippen molar-refractivity contribution in [3.63, 3.8) is 0 Å². The molecule has 0 atom stereocenters. The number of aryl methyl sites for hydroxylation is 2. The molecule has 2 aromatic rings. The van der Waals surface area contributed by atoms with Gasteiger partial charge >= 0.3 is 183 Å². The second-order valence-corrected chi connectivity index (χ2v) is 21.0. The molecule has 0 unspecified atom stereocenters. The van der Waals surface area contributed by atoms with Gasteiger partial charge in [-0.05, 0) is 0 Å². The van der Waals surface area contributed by atoms with Gasteiger partial charge < -0.3 is 0 Å². The minimum absolute atomic E-state index is 0.668.